The number of thiophene rings is 1. The van der Waals surface area contributed by atoms with E-state index in [1.165, 1.54) is 9.67 Å². The van der Waals surface area contributed by atoms with Gasteiger partial charge in [0, 0.05) is 47.6 Å². The van der Waals surface area contributed by atoms with Gasteiger partial charge >= 0.3 is 0 Å². The Bertz CT molecular complexity index is 887. The minimum Gasteiger partial charge on any atom is -0.338 e. The number of piperazine rings is 1. The lowest BCUT2D eigenvalue weighted by Gasteiger charge is -2.34. The van der Waals surface area contributed by atoms with Gasteiger partial charge in [0.25, 0.3) is 0 Å². The van der Waals surface area contributed by atoms with Crippen LogP contribution in [0, 0.1) is 0 Å². The summed E-state index contributed by atoms with van der Waals surface area (Å²) < 4.78 is 0.993. The van der Waals surface area contributed by atoms with Crippen molar-refractivity contribution >= 4 is 33.2 Å². The molecule has 140 valence electrons. The fraction of sp³-hybridized carbons (Fsp3) is 0.333. The highest BCUT2D eigenvalue weighted by atomic mass is 79.9. The SMILES string of the molecule is O=C(Cn1nnc(-c2ccc(Br)cc2)n1)N1CCN(Cc2cccs2)CC1. The number of carbonyl (C=O) groups excluding carboxylic acids is 1. The number of amides is 1. The van der Waals surface area contributed by atoms with Gasteiger partial charge in [-0.05, 0) is 40.9 Å². The average molecular weight is 447 g/mol. The van der Waals surface area contributed by atoms with E-state index in [1.54, 1.807) is 11.3 Å². The van der Waals surface area contributed by atoms with Crippen LogP contribution in [-0.4, -0.2) is 62.1 Å². The van der Waals surface area contributed by atoms with Gasteiger partial charge < -0.3 is 4.90 Å². The molecule has 1 aliphatic rings. The van der Waals surface area contributed by atoms with E-state index in [-0.39, 0.29) is 12.5 Å². The van der Waals surface area contributed by atoms with Crippen molar-refractivity contribution < 1.29 is 4.79 Å². The molecule has 1 saturated heterocycles. The minimum absolute atomic E-state index is 0.0329. The summed E-state index contributed by atoms with van der Waals surface area (Å²) in [4.78, 5) is 19.6. The van der Waals surface area contributed by atoms with Crippen LogP contribution in [0.4, 0.5) is 0 Å². The van der Waals surface area contributed by atoms with Crippen molar-refractivity contribution in [3.8, 4) is 11.4 Å². The van der Waals surface area contributed by atoms with E-state index in [2.05, 4.69) is 53.8 Å². The Morgan fingerprint density at radius 1 is 1.11 bits per heavy atom. The summed E-state index contributed by atoms with van der Waals surface area (Å²) in [6.07, 6.45) is 0. The molecule has 4 rings (SSSR count). The largest absolute Gasteiger partial charge is 0.338 e. The number of hydrogen-bond donors (Lipinski definition) is 0. The second-order valence-electron chi connectivity index (χ2n) is 6.39. The third-order valence-corrected chi connectivity index (χ3v) is 5.91. The van der Waals surface area contributed by atoms with Crippen LogP contribution >= 0.6 is 27.3 Å². The molecule has 0 aliphatic carbocycles. The van der Waals surface area contributed by atoms with E-state index in [1.807, 2.05) is 29.2 Å². The fourth-order valence-electron chi connectivity index (χ4n) is 3.02. The molecule has 9 heteroatoms. The molecule has 1 aromatic carbocycles. The van der Waals surface area contributed by atoms with Gasteiger partial charge in [0.2, 0.25) is 11.7 Å². The Kier molecular flexibility index (Phi) is 5.61. The predicted octanol–water partition coefficient (Wildman–Crippen LogP) is 2.51. The molecular formula is C18H19BrN6OS. The number of halogens is 1. The van der Waals surface area contributed by atoms with Crippen molar-refractivity contribution in [3.05, 3.63) is 51.1 Å². The van der Waals surface area contributed by atoms with Gasteiger partial charge in [-0.25, -0.2) is 0 Å². The second kappa shape index (κ2) is 8.28. The smallest absolute Gasteiger partial charge is 0.246 e. The number of nitrogens with zero attached hydrogens (tertiary/aromatic N) is 6. The zero-order chi connectivity index (χ0) is 18.6. The first-order valence-corrected chi connectivity index (χ1v) is 10.4. The molecule has 0 unspecified atom stereocenters. The standard InChI is InChI=1S/C18H19BrN6OS/c19-15-5-3-14(4-6-15)18-20-22-25(21-18)13-17(26)24-9-7-23(8-10-24)12-16-2-1-11-27-16/h1-6,11H,7-10,12-13H2. The van der Waals surface area contributed by atoms with Crippen molar-refractivity contribution in [2.45, 2.75) is 13.1 Å². The lowest BCUT2D eigenvalue weighted by molar-refractivity contribution is -0.134. The normalized spacial score (nSPS) is 15.2. The number of aromatic nitrogens is 4. The van der Waals surface area contributed by atoms with Crippen molar-refractivity contribution in [3.63, 3.8) is 0 Å². The van der Waals surface area contributed by atoms with Crippen molar-refractivity contribution in [2.24, 2.45) is 0 Å². The highest BCUT2D eigenvalue weighted by Crippen LogP contribution is 2.17. The van der Waals surface area contributed by atoms with Gasteiger partial charge in [-0.3, -0.25) is 9.69 Å². The highest BCUT2D eigenvalue weighted by molar-refractivity contribution is 9.10. The molecule has 0 saturated carbocycles. The second-order valence-corrected chi connectivity index (χ2v) is 8.33. The summed E-state index contributed by atoms with van der Waals surface area (Å²) in [7, 11) is 0. The van der Waals surface area contributed by atoms with Crippen LogP contribution in [0.3, 0.4) is 0 Å². The predicted molar refractivity (Wildman–Crippen MR) is 107 cm³/mol. The van der Waals surface area contributed by atoms with Gasteiger partial charge in [-0.1, -0.05) is 22.0 Å². The lowest BCUT2D eigenvalue weighted by atomic mass is 10.2. The molecule has 0 N–H and O–H groups in total. The molecule has 0 radical (unpaired) electrons. The number of hydrogen-bond acceptors (Lipinski definition) is 6. The zero-order valence-electron chi connectivity index (χ0n) is 14.7. The molecule has 7 nitrogen and oxygen atoms in total. The van der Waals surface area contributed by atoms with Gasteiger partial charge in [0.15, 0.2) is 0 Å². The Morgan fingerprint density at radius 3 is 2.59 bits per heavy atom. The molecule has 27 heavy (non-hydrogen) atoms. The molecule has 1 amide bonds. The van der Waals surface area contributed by atoms with E-state index < -0.39 is 0 Å². The van der Waals surface area contributed by atoms with Gasteiger partial charge in [0.1, 0.15) is 6.54 Å². The summed E-state index contributed by atoms with van der Waals surface area (Å²) in [6, 6.07) is 11.9. The first-order valence-electron chi connectivity index (χ1n) is 8.73. The lowest BCUT2D eigenvalue weighted by Crippen LogP contribution is -2.49. The molecule has 0 atom stereocenters. The van der Waals surface area contributed by atoms with E-state index in [0.29, 0.717) is 5.82 Å². The average Bonchev–Trinajstić information content (AvgIpc) is 3.35. The zero-order valence-corrected chi connectivity index (χ0v) is 17.1. The molecule has 0 bridgehead atoms. The van der Waals surface area contributed by atoms with Crippen LogP contribution in [0.25, 0.3) is 11.4 Å². The van der Waals surface area contributed by atoms with Crippen LogP contribution in [0.1, 0.15) is 4.88 Å². The Balaban J connectivity index is 1.30. The van der Waals surface area contributed by atoms with Gasteiger partial charge in [0.05, 0.1) is 0 Å². The van der Waals surface area contributed by atoms with Crippen molar-refractivity contribution in [1.82, 2.24) is 30.0 Å². The Labute approximate surface area is 169 Å². The van der Waals surface area contributed by atoms with Crippen LogP contribution < -0.4 is 0 Å². The van der Waals surface area contributed by atoms with E-state index in [9.17, 15) is 4.79 Å². The van der Waals surface area contributed by atoms with Crippen molar-refractivity contribution in [1.29, 1.82) is 0 Å². The van der Waals surface area contributed by atoms with E-state index in [4.69, 9.17) is 0 Å². The molecule has 0 spiro atoms. The molecular weight excluding hydrogens is 428 g/mol. The Hall–Kier alpha value is -2.10. The van der Waals surface area contributed by atoms with E-state index in [0.717, 1.165) is 42.8 Å². The first kappa shape index (κ1) is 18.3. The number of tetrazole rings is 1. The molecule has 3 aromatic rings. The molecule has 1 aliphatic heterocycles. The summed E-state index contributed by atoms with van der Waals surface area (Å²) >= 11 is 5.18. The first-order chi connectivity index (χ1) is 13.2. The third-order valence-electron chi connectivity index (χ3n) is 4.52. The van der Waals surface area contributed by atoms with Crippen LogP contribution in [0.15, 0.2) is 46.3 Å². The summed E-state index contributed by atoms with van der Waals surface area (Å²) in [5, 5.41) is 14.5. The Morgan fingerprint density at radius 2 is 1.89 bits per heavy atom. The van der Waals surface area contributed by atoms with Crippen LogP contribution in [-0.2, 0) is 17.9 Å². The monoisotopic (exact) mass is 446 g/mol. The maximum atomic E-state index is 12.6. The minimum atomic E-state index is 0.0329. The maximum absolute atomic E-state index is 12.6. The van der Waals surface area contributed by atoms with Gasteiger partial charge in [-0.2, -0.15) is 4.80 Å². The van der Waals surface area contributed by atoms with Crippen LogP contribution in [0.2, 0.25) is 0 Å². The number of benzene rings is 1. The molecule has 1 fully saturated rings. The quantitative estimate of drug-likeness (QED) is 0.602. The summed E-state index contributed by atoms with van der Waals surface area (Å²) in [6.45, 7) is 4.32. The summed E-state index contributed by atoms with van der Waals surface area (Å²) in [5.74, 6) is 0.557. The summed E-state index contributed by atoms with van der Waals surface area (Å²) in [5.41, 5.74) is 0.874. The number of carbonyl (C=O) groups is 1. The topological polar surface area (TPSA) is 67.2 Å². The highest BCUT2D eigenvalue weighted by Gasteiger charge is 2.22. The maximum Gasteiger partial charge on any atom is 0.246 e. The molecule has 2 aromatic heterocycles. The van der Waals surface area contributed by atoms with Gasteiger partial charge in [-0.15, -0.1) is 21.5 Å². The number of rotatable bonds is 5. The van der Waals surface area contributed by atoms with Crippen molar-refractivity contribution in [2.75, 3.05) is 26.2 Å². The fourth-order valence-corrected chi connectivity index (χ4v) is 4.03. The third kappa shape index (κ3) is 4.60. The van der Waals surface area contributed by atoms with E-state index >= 15 is 0 Å². The molecule has 3 heterocycles. The van der Waals surface area contributed by atoms with Crippen LogP contribution in [0.5, 0.6) is 0 Å².